The summed E-state index contributed by atoms with van der Waals surface area (Å²) >= 11 is 0. The van der Waals surface area contributed by atoms with Crippen LogP contribution in [0.1, 0.15) is 67.3 Å². The summed E-state index contributed by atoms with van der Waals surface area (Å²) in [6.07, 6.45) is 3.31. The van der Waals surface area contributed by atoms with Crippen molar-refractivity contribution in [2.24, 2.45) is 0 Å². The number of rotatable bonds is 8. The minimum atomic E-state index is -0.156. The number of nitrogens with one attached hydrogen (secondary N) is 2. The van der Waals surface area contributed by atoms with Gasteiger partial charge in [-0.15, -0.1) is 0 Å². The second-order valence-corrected chi connectivity index (χ2v) is 11.7. The summed E-state index contributed by atoms with van der Waals surface area (Å²) < 4.78 is 2.20. The van der Waals surface area contributed by atoms with Gasteiger partial charge in [-0.05, 0) is 78.9 Å². The maximum absolute atomic E-state index is 13.3. The van der Waals surface area contributed by atoms with E-state index in [1.54, 1.807) is 31.1 Å². The molecular weight excluding hydrogens is 538 g/mol. The highest BCUT2D eigenvalue weighted by molar-refractivity contribution is 6.04. The first-order valence-electron chi connectivity index (χ1n) is 14.8. The highest BCUT2D eigenvalue weighted by atomic mass is 16.2. The summed E-state index contributed by atoms with van der Waals surface area (Å²) in [5.41, 5.74) is 6.00. The van der Waals surface area contributed by atoms with Crippen LogP contribution in [0.25, 0.3) is 0 Å². The van der Waals surface area contributed by atoms with E-state index in [0.29, 0.717) is 29.1 Å². The van der Waals surface area contributed by atoms with Gasteiger partial charge in [0, 0.05) is 62.8 Å². The Hall–Kier alpha value is -4.69. The van der Waals surface area contributed by atoms with Crippen LogP contribution in [0.5, 0.6) is 0 Å². The Labute approximate surface area is 252 Å². The smallest absolute Gasteiger partial charge is 0.268 e. The predicted molar refractivity (Wildman–Crippen MR) is 167 cm³/mol. The summed E-state index contributed by atoms with van der Waals surface area (Å²) in [4.78, 5) is 42.2. The highest BCUT2D eigenvalue weighted by Crippen LogP contribution is 2.49. The van der Waals surface area contributed by atoms with Gasteiger partial charge in [-0.2, -0.15) is 0 Å². The molecule has 220 valence electrons. The second kappa shape index (κ2) is 11.9. The Bertz CT molecular complexity index is 1620. The number of fused-ring (bicyclic) bond motifs is 2. The molecule has 0 unspecified atom stereocenters. The van der Waals surface area contributed by atoms with Gasteiger partial charge in [-0.1, -0.05) is 42.5 Å². The normalized spacial score (nSPS) is 15.3. The summed E-state index contributed by atoms with van der Waals surface area (Å²) in [5, 5.41) is 5.99. The number of carbonyl (C=O) groups is 3. The van der Waals surface area contributed by atoms with Gasteiger partial charge in [0.25, 0.3) is 17.7 Å². The van der Waals surface area contributed by atoms with Crippen LogP contribution in [-0.2, 0) is 25.2 Å². The quantitative estimate of drug-likeness (QED) is 0.300. The number of hydrogen-bond acceptors (Lipinski definition) is 4. The zero-order valence-electron chi connectivity index (χ0n) is 24.7. The summed E-state index contributed by atoms with van der Waals surface area (Å²) in [6.45, 7) is 2.82. The van der Waals surface area contributed by atoms with Crippen molar-refractivity contribution in [1.82, 2.24) is 19.7 Å². The maximum Gasteiger partial charge on any atom is 0.268 e. The molecule has 1 aliphatic carbocycles. The van der Waals surface area contributed by atoms with Crippen molar-refractivity contribution in [2.75, 3.05) is 26.0 Å². The lowest BCUT2D eigenvalue weighted by molar-refractivity contribution is -0.0217. The summed E-state index contributed by atoms with van der Waals surface area (Å²) in [6, 6.07) is 28.7. The van der Waals surface area contributed by atoms with Crippen LogP contribution in [0.15, 0.2) is 91.0 Å². The maximum atomic E-state index is 13.3. The van der Waals surface area contributed by atoms with E-state index in [9.17, 15) is 14.4 Å². The molecule has 1 aromatic heterocycles. The minimum absolute atomic E-state index is 0.00738. The Morgan fingerprint density at radius 2 is 1.47 bits per heavy atom. The molecule has 0 radical (unpaired) electrons. The molecule has 8 nitrogen and oxygen atoms in total. The first-order valence-corrected chi connectivity index (χ1v) is 14.8. The Morgan fingerprint density at radius 3 is 2.12 bits per heavy atom. The van der Waals surface area contributed by atoms with Crippen LogP contribution in [0, 0.1) is 0 Å². The minimum Gasteiger partial charge on any atom is -0.347 e. The van der Waals surface area contributed by atoms with Crippen molar-refractivity contribution < 1.29 is 14.4 Å². The van der Waals surface area contributed by atoms with Crippen LogP contribution in [0.4, 0.5) is 5.69 Å². The SMILES string of the molecule is CN(C)C(=O)c1ccc(CN2CCn3c(C(=O)NCc4ccc(NC(=O)c5ccccc5)cc4)ccc3C23CCC3)cc1. The lowest BCUT2D eigenvalue weighted by atomic mass is 9.71. The van der Waals surface area contributed by atoms with Gasteiger partial charge in [0.15, 0.2) is 0 Å². The van der Waals surface area contributed by atoms with Crippen LogP contribution >= 0.6 is 0 Å². The lowest BCUT2D eigenvalue weighted by Gasteiger charge is -2.53. The predicted octanol–water partition coefficient (Wildman–Crippen LogP) is 5.27. The zero-order chi connectivity index (χ0) is 30.0. The van der Waals surface area contributed by atoms with E-state index in [-0.39, 0.29) is 23.3 Å². The molecule has 2 N–H and O–H groups in total. The van der Waals surface area contributed by atoms with Crippen molar-refractivity contribution >= 4 is 23.4 Å². The summed E-state index contributed by atoms with van der Waals surface area (Å²) in [5.74, 6) is -0.235. The molecule has 1 aliphatic heterocycles. The second-order valence-electron chi connectivity index (χ2n) is 11.7. The Kier molecular flexibility index (Phi) is 7.86. The molecule has 4 aromatic rings. The first-order chi connectivity index (χ1) is 20.8. The average Bonchev–Trinajstić information content (AvgIpc) is 3.44. The van der Waals surface area contributed by atoms with Crippen LogP contribution < -0.4 is 10.6 Å². The van der Waals surface area contributed by atoms with Gasteiger partial charge < -0.3 is 20.1 Å². The van der Waals surface area contributed by atoms with E-state index in [0.717, 1.165) is 38.0 Å². The molecule has 6 rings (SSSR count). The topological polar surface area (TPSA) is 86.7 Å². The summed E-state index contributed by atoms with van der Waals surface area (Å²) in [7, 11) is 3.53. The largest absolute Gasteiger partial charge is 0.347 e. The molecular formula is C35H37N5O3. The molecule has 0 saturated heterocycles. The molecule has 1 saturated carbocycles. The average molecular weight is 576 g/mol. The van der Waals surface area contributed by atoms with E-state index in [4.69, 9.17) is 0 Å². The number of benzene rings is 3. The van der Waals surface area contributed by atoms with Crippen molar-refractivity contribution in [2.45, 2.75) is 44.4 Å². The molecule has 1 fully saturated rings. The molecule has 0 bridgehead atoms. The zero-order valence-corrected chi connectivity index (χ0v) is 24.7. The van der Waals surface area contributed by atoms with E-state index in [1.165, 1.54) is 17.7 Å². The third-order valence-electron chi connectivity index (χ3n) is 8.75. The van der Waals surface area contributed by atoms with Crippen LogP contribution in [0.3, 0.4) is 0 Å². The van der Waals surface area contributed by atoms with Gasteiger partial charge in [0.05, 0.1) is 5.54 Å². The number of aromatic nitrogens is 1. The monoisotopic (exact) mass is 575 g/mol. The number of nitrogens with zero attached hydrogens (tertiary/aromatic N) is 3. The third kappa shape index (κ3) is 5.70. The van der Waals surface area contributed by atoms with E-state index < -0.39 is 0 Å². The Morgan fingerprint density at radius 1 is 0.767 bits per heavy atom. The van der Waals surface area contributed by atoms with Crippen LogP contribution in [-0.4, -0.2) is 52.7 Å². The molecule has 0 atom stereocenters. The van der Waals surface area contributed by atoms with Gasteiger partial charge in [-0.25, -0.2) is 0 Å². The van der Waals surface area contributed by atoms with Crippen molar-refractivity contribution in [3.05, 3.63) is 125 Å². The van der Waals surface area contributed by atoms with E-state index >= 15 is 0 Å². The lowest BCUT2D eigenvalue weighted by Crippen LogP contribution is -2.56. The molecule has 3 amide bonds. The van der Waals surface area contributed by atoms with E-state index in [2.05, 4.69) is 38.3 Å². The molecule has 43 heavy (non-hydrogen) atoms. The van der Waals surface area contributed by atoms with Gasteiger partial charge in [0.1, 0.15) is 5.69 Å². The number of carbonyl (C=O) groups excluding carboxylic acids is 3. The number of amides is 3. The van der Waals surface area contributed by atoms with Gasteiger partial charge in [-0.3, -0.25) is 19.3 Å². The third-order valence-corrected chi connectivity index (χ3v) is 8.75. The van der Waals surface area contributed by atoms with E-state index in [1.807, 2.05) is 60.7 Å². The molecule has 2 heterocycles. The molecule has 2 aliphatic rings. The number of anilines is 1. The fourth-order valence-electron chi connectivity index (χ4n) is 6.23. The fraction of sp³-hybridized carbons (Fsp3) is 0.286. The Balaban J connectivity index is 1.09. The molecule has 3 aromatic carbocycles. The van der Waals surface area contributed by atoms with Gasteiger partial charge in [0.2, 0.25) is 0 Å². The van der Waals surface area contributed by atoms with Gasteiger partial charge >= 0.3 is 0 Å². The van der Waals surface area contributed by atoms with Crippen molar-refractivity contribution in [3.8, 4) is 0 Å². The molecule has 8 heteroatoms. The van der Waals surface area contributed by atoms with Crippen molar-refractivity contribution in [3.63, 3.8) is 0 Å². The van der Waals surface area contributed by atoms with Crippen molar-refractivity contribution in [1.29, 1.82) is 0 Å². The highest BCUT2D eigenvalue weighted by Gasteiger charge is 2.48. The first kappa shape index (κ1) is 28.4. The molecule has 1 spiro atoms. The standard InChI is InChI=1S/C35H37N5O3/c1-38(2)34(43)28-13-9-26(10-14-28)24-39-21-22-40-30(17-18-31(40)35(39)19-6-20-35)33(42)36-23-25-11-15-29(16-12-25)37-32(41)27-7-4-3-5-8-27/h3-5,7-18H,6,19-24H2,1-2H3,(H,36,42)(H,37,41). The van der Waals surface area contributed by atoms with Crippen LogP contribution in [0.2, 0.25) is 0 Å². The number of hydrogen-bond donors (Lipinski definition) is 2. The fourth-order valence-corrected chi connectivity index (χ4v) is 6.23.